The van der Waals surface area contributed by atoms with Gasteiger partial charge in [0.1, 0.15) is 28.0 Å². The number of fused-ring (bicyclic) bond motifs is 3. The summed E-state index contributed by atoms with van der Waals surface area (Å²) in [6, 6.07) is 5.34. The number of amides is 1. The fourth-order valence-corrected chi connectivity index (χ4v) is 6.28. The van der Waals surface area contributed by atoms with Crippen molar-refractivity contribution in [3.8, 4) is 11.5 Å². The van der Waals surface area contributed by atoms with E-state index < -0.39 is 0 Å². The molecule has 35 heavy (non-hydrogen) atoms. The molecule has 2 aliphatic rings. The van der Waals surface area contributed by atoms with Gasteiger partial charge in [0, 0.05) is 48.6 Å². The molecule has 1 amide bonds. The van der Waals surface area contributed by atoms with Gasteiger partial charge in [-0.05, 0) is 49.8 Å². The molecule has 3 aromatic rings. The van der Waals surface area contributed by atoms with Crippen molar-refractivity contribution in [2.45, 2.75) is 51.9 Å². The van der Waals surface area contributed by atoms with Crippen LogP contribution in [-0.4, -0.2) is 61.2 Å². The second-order valence-electron chi connectivity index (χ2n) is 9.49. The first-order valence-corrected chi connectivity index (χ1v) is 13.4. The van der Waals surface area contributed by atoms with Crippen molar-refractivity contribution in [1.29, 1.82) is 0 Å². The Morgan fingerprint density at radius 3 is 2.37 bits per heavy atom. The van der Waals surface area contributed by atoms with Crippen LogP contribution in [0.4, 0.5) is 5.82 Å². The molecule has 0 bridgehead atoms. The first kappa shape index (κ1) is 23.9. The molecule has 0 N–H and O–H groups in total. The minimum atomic E-state index is 0.00268. The standard InChI is InChI=1S/C27H34N4O3S/c1-5-17(2)24-28-25(23-21-8-6-7-9-22(21)35-26(23)29-24)30-10-12-31(13-11-30)27(32)18-14-19(33-3)16-20(15-18)34-4/h14-17H,5-13H2,1-4H3. The molecule has 1 atom stereocenters. The third-order valence-electron chi connectivity index (χ3n) is 7.33. The number of rotatable bonds is 6. The fourth-order valence-electron chi connectivity index (χ4n) is 5.02. The fraction of sp³-hybridized carbons (Fsp3) is 0.519. The Balaban J connectivity index is 1.42. The summed E-state index contributed by atoms with van der Waals surface area (Å²) in [5.41, 5.74) is 2.05. The highest BCUT2D eigenvalue weighted by molar-refractivity contribution is 7.19. The lowest BCUT2D eigenvalue weighted by atomic mass is 9.96. The first-order valence-electron chi connectivity index (χ1n) is 12.6. The Hall–Kier alpha value is -2.87. The minimum Gasteiger partial charge on any atom is -0.497 e. The van der Waals surface area contributed by atoms with Crippen LogP contribution >= 0.6 is 11.3 Å². The Labute approximate surface area is 211 Å². The summed E-state index contributed by atoms with van der Waals surface area (Å²) in [5, 5.41) is 1.26. The molecule has 1 unspecified atom stereocenters. The van der Waals surface area contributed by atoms with E-state index in [0.717, 1.165) is 48.8 Å². The number of ether oxygens (including phenoxy) is 2. The Morgan fingerprint density at radius 2 is 1.71 bits per heavy atom. The molecule has 3 heterocycles. The van der Waals surface area contributed by atoms with Gasteiger partial charge in [0.2, 0.25) is 0 Å². The van der Waals surface area contributed by atoms with Gasteiger partial charge in [-0.25, -0.2) is 9.97 Å². The van der Waals surface area contributed by atoms with E-state index in [0.29, 0.717) is 36.1 Å². The number of benzene rings is 1. The van der Waals surface area contributed by atoms with Crippen LogP contribution in [0.1, 0.15) is 65.7 Å². The lowest BCUT2D eigenvalue weighted by Crippen LogP contribution is -2.49. The summed E-state index contributed by atoms with van der Waals surface area (Å²) < 4.78 is 10.7. The lowest BCUT2D eigenvalue weighted by molar-refractivity contribution is 0.0746. The second kappa shape index (κ2) is 10.0. The molecule has 1 saturated heterocycles. The molecule has 2 aromatic heterocycles. The highest BCUT2D eigenvalue weighted by Gasteiger charge is 2.28. The summed E-state index contributed by atoms with van der Waals surface area (Å²) in [5.74, 6) is 3.57. The van der Waals surface area contributed by atoms with Crippen molar-refractivity contribution in [3.63, 3.8) is 0 Å². The van der Waals surface area contributed by atoms with Crippen LogP contribution in [0.3, 0.4) is 0 Å². The van der Waals surface area contributed by atoms with Gasteiger partial charge in [-0.2, -0.15) is 0 Å². The van der Waals surface area contributed by atoms with Crippen LogP contribution < -0.4 is 14.4 Å². The molecule has 0 saturated carbocycles. The maximum absolute atomic E-state index is 13.3. The van der Waals surface area contributed by atoms with Crippen molar-refractivity contribution in [1.82, 2.24) is 14.9 Å². The Kier molecular flexibility index (Phi) is 6.82. The van der Waals surface area contributed by atoms with E-state index in [1.165, 1.54) is 28.7 Å². The number of hydrogen-bond donors (Lipinski definition) is 0. The van der Waals surface area contributed by atoms with E-state index in [-0.39, 0.29) is 5.91 Å². The molecule has 0 radical (unpaired) electrons. The smallest absolute Gasteiger partial charge is 0.254 e. The van der Waals surface area contributed by atoms with Crippen LogP contribution in [0.5, 0.6) is 11.5 Å². The molecule has 186 valence electrons. The molecule has 1 aliphatic heterocycles. The summed E-state index contributed by atoms with van der Waals surface area (Å²) in [6.07, 6.45) is 5.78. The number of aryl methyl sites for hydroxylation is 2. The minimum absolute atomic E-state index is 0.00268. The number of methoxy groups -OCH3 is 2. The lowest BCUT2D eigenvalue weighted by Gasteiger charge is -2.36. The number of hydrogen-bond acceptors (Lipinski definition) is 7. The number of piperazine rings is 1. The van der Waals surface area contributed by atoms with Gasteiger partial charge in [0.05, 0.1) is 19.6 Å². The van der Waals surface area contributed by atoms with Crippen LogP contribution in [-0.2, 0) is 12.8 Å². The molecule has 7 nitrogen and oxygen atoms in total. The van der Waals surface area contributed by atoms with Crippen molar-refractivity contribution in [3.05, 3.63) is 40.0 Å². The van der Waals surface area contributed by atoms with Crippen LogP contribution in [0.15, 0.2) is 18.2 Å². The van der Waals surface area contributed by atoms with Gasteiger partial charge in [0.25, 0.3) is 5.91 Å². The predicted molar refractivity (Wildman–Crippen MR) is 140 cm³/mol. The predicted octanol–water partition coefficient (Wildman–Crippen LogP) is 5.06. The van der Waals surface area contributed by atoms with Gasteiger partial charge in [-0.1, -0.05) is 13.8 Å². The maximum Gasteiger partial charge on any atom is 0.254 e. The summed E-state index contributed by atoms with van der Waals surface area (Å²) >= 11 is 1.86. The van der Waals surface area contributed by atoms with Gasteiger partial charge in [-0.3, -0.25) is 4.79 Å². The average molecular weight is 495 g/mol. The Bertz CT molecular complexity index is 1210. The zero-order valence-electron chi connectivity index (χ0n) is 21.1. The van der Waals surface area contributed by atoms with E-state index in [4.69, 9.17) is 19.4 Å². The maximum atomic E-state index is 13.3. The highest BCUT2D eigenvalue weighted by Crippen LogP contribution is 2.40. The number of nitrogens with zero attached hydrogens (tertiary/aromatic N) is 4. The van der Waals surface area contributed by atoms with Gasteiger partial charge < -0.3 is 19.3 Å². The molecule has 5 rings (SSSR count). The van der Waals surface area contributed by atoms with E-state index >= 15 is 0 Å². The number of anilines is 1. The van der Waals surface area contributed by atoms with E-state index in [2.05, 4.69) is 18.7 Å². The molecule has 0 spiro atoms. The summed E-state index contributed by atoms with van der Waals surface area (Å²) in [7, 11) is 3.20. The topological polar surface area (TPSA) is 67.8 Å². The monoisotopic (exact) mass is 494 g/mol. The highest BCUT2D eigenvalue weighted by atomic mass is 32.1. The van der Waals surface area contributed by atoms with Crippen LogP contribution in [0.2, 0.25) is 0 Å². The quantitative estimate of drug-likeness (QED) is 0.477. The zero-order chi connectivity index (χ0) is 24.5. The number of carbonyl (C=O) groups excluding carboxylic acids is 1. The SMILES string of the molecule is CCC(C)c1nc(N2CCN(C(=O)c3cc(OC)cc(OC)c3)CC2)c2c3c(sc2n1)CCCC3. The molecule has 1 aliphatic carbocycles. The van der Waals surface area contributed by atoms with Gasteiger partial charge >= 0.3 is 0 Å². The van der Waals surface area contributed by atoms with Gasteiger partial charge in [0.15, 0.2) is 0 Å². The third-order valence-corrected chi connectivity index (χ3v) is 8.52. The molecular formula is C27H34N4O3S. The zero-order valence-corrected chi connectivity index (χ0v) is 21.9. The van der Waals surface area contributed by atoms with Crippen molar-refractivity contribution in [2.75, 3.05) is 45.3 Å². The largest absolute Gasteiger partial charge is 0.497 e. The van der Waals surface area contributed by atoms with Crippen molar-refractivity contribution in [2.24, 2.45) is 0 Å². The molecule has 1 fully saturated rings. The Morgan fingerprint density at radius 1 is 1.03 bits per heavy atom. The van der Waals surface area contributed by atoms with Crippen LogP contribution in [0.25, 0.3) is 10.2 Å². The first-order chi connectivity index (χ1) is 17.0. The van der Waals surface area contributed by atoms with Crippen LogP contribution in [0, 0.1) is 0 Å². The van der Waals surface area contributed by atoms with E-state index in [1.807, 2.05) is 16.2 Å². The summed E-state index contributed by atoms with van der Waals surface area (Å²) in [4.78, 5) is 30.4. The van der Waals surface area contributed by atoms with Crippen molar-refractivity contribution >= 4 is 33.3 Å². The van der Waals surface area contributed by atoms with E-state index in [1.54, 1.807) is 32.4 Å². The molecule has 8 heteroatoms. The normalized spacial score (nSPS) is 16.8. The van der Waals surface area contributed by atoms with Crippen molar-refractivity contribution < 1.29 is 14.3 Å². The molecular weight excluding hydrogens is 460 g/mol. The number of thiophene rings is 1. The third kappa shape index (κ3) is 4.56. The van der Waals surface area contributed by atoms with Gasteiger partial charge in [-0.15, -0.1) is 11.3 Å². The average Bonchev–Trinajstić information content (AvgIpc) is 3.30. The number of carbonyl (C=O) groups is 1. The van der Waals surface area contributed by atoms with E-state index in [9.17, 15) is 4.79 Å². The molecule has 1 aromatic carbocycles. The second-order valence-corrected chi connectivity index (χ2v) is 10.6. The number of aromatic nitrogens is 2. The summed E-state index contributed by atoms with van der Waals surface area (Å²) in [6.45, 7) is 7.20.